The predicted octanol–water partition coefficient (Wildman–Crippen LogP) is 3.26. The zero-order valence-corrected chi connectivity index (χ0v) is 12.5. The van der Waals surface area contributed by atoms with Gasteiger partial charge >= 0.3 is 5.97 Å². The summed E-state index contributed by atoms with van der Waals surface area (Å²) in [6.45, 7) is 5.33. The van der Waals surface area contributed by atoms with Crippen molar-refractivity contribution in [1.82, 2.24) is 4.90 Å². The van der Waals surface area contributed by atoms with Gasteiger partial charge in [-0.3, -0.25) is 9.69 Å². The van der Waals surface area contributed by atoms with Crippen LogP contribution in [0, 0.1) is 6.92 Å². The Balaban J connectivity index is 2.10. The number of aryl methyl sites for hydroxylation is 1. The summed E-state index contributed by atoms with van der Waals surface area (Å²) < 4.78 is 0. The van der Waals surface area contributed by atoms with Gasteiger partial charge in [0.15, 0.2) is 0 Å². The van der Waals surface area contributed by atoms with E-state index < -0.39 is 5.97 Å². The average Bonchev–Trinajstić information content (AvgIpc) is 2.41. The van der Waals surface area contributed by atoms with Crippen LogP contribution < -0.4 is 0 Å². The average molecular weight is 275 g/mol. The van der Waals surface area contributed by atoms with Crippen LogP contribution in [-0.4, -0.2) is 34.6 Å². The first kappa shape index (κ1) is 15.0. The second-order valence-electron chi connectivity index (χ2n) is 6.02. The van der Waals surface area contributed by atoms with Crippen LogP contribution in [0.4, 0.5) is 0 Å². The second kappa shape index (κ2) is 6.89. The van der Waals surface area contributed by atoms with Gasteiger partial charge < -0.3 is 5.11 Å². The van der Waals surface area contributed by atoms with Gasteiger partial charge in [-0.05, 0) is 45.2 Å². The maximum Gasteiger partial charge on any atom is 0.304 e. The predicted molar refractivity (Wildman–Crippen MR) is 80.9 cm³/mol. The molecule has 0 aromatic heterocycles. The first-order chi connectivity index (χ1) is 9.56. The minimum Gasteiger partial charge on any atom is -0.481 e. The lowest BCUT2D eigenvalue weighted by Gasteiger charge is -2.39. The molecule has 1 aliphatic rings. The summed E-state index contributed by atoms with van der Waals surface area (Å²) in [6.07, 6.45) is 4.70. The molecule has 1 aromatic carbocycles. The van der Waals surface area contributed by atoms with Gasteiger partial charge in [0.05, 0.1) is 6.42 Å². The monoisotopic (exact) mass is 275 g/mol. The van der Waals surface area contributed by atoms with Crippen LogP contribution in [0.25, 0.3) is 0 Å². The normalized spacial score (nSPS) is 21.6. The number of hydrogen-bond acceptors (Lipinski definition) is 2. The van der Waals surface area contributed by atoms with Crippen molar-refractivity contribution in [2.45, 2.75) is 58.0 Å². The summed E-state index contributed by atoms with van der Waals surface area (Å²) in [7, 11) is 0. The van der Waals surface area contributed by atoms with E-state index in [0.29, 0.717) is 6.04 Å². The molecule has 1 fully saturated rings. The van der Waals surface area contributed by atoms with E-state index in [9.17, 15) is 9.90 Å². The number of piperidine rings is 1. The second-order valence-corrected chi connectivity index (χ2v) is 6.02. The van der Waals surface area contributed by atoms with E-state index in [4.69, 9.17) is 0 Å². The number of carboxylic acid groups (broad SMARTS) is 1. The van der Waals surface area contributed by atoms with Gasteiger partial charge in [-0.25, -0.2) is 0 Å². The maximum absolute atomic E-state index is 11.2. The van der Waals surface area contributed by atoms with Crippen molar-refractivity contribution in [1.29, 1.82) is 0 Å². The summed E-state index contributed by atoms with van der Waals surface area (Å²) in [4.78, 5) is 13.6. The van der Waals surface area contributed by atoms with Crippen molar-refractivity contribution in [3.8, 4) is 0 Å². The molecule has 0 aliphatic carbocycles. The molecule has 3 nitrogen and oxygen atoms in total. The molecule has 1 aromatic rings. The Kier molecular flexibility index (Phi) is 5.18. The molecule has 0 amide bonds. The molecule has 0 saturated carbocycles. The molecule has 0 radical (unpaired) electrons. The Labute approximate surface area is 121 Å². The number of hydrogen-bond donors (Lipinski definition) is 1. The molecule has 2 atom stereocenters. The number of likely N-dealkylation sites (tertiary alicyclic amines) is 1. The van der Waals surface area contributed by atoms with Crippen molar-refractivity contribution in [2.24, 2.45) is 0 Å². The fraction of sp³-hybridized carbons (Fsp3) is 0.588. The third-order valence-electron chi connectivity index (χ3n) is 4.33. The fourth-order valence-electron chi connectivity index (χ4n) is 3.17. The summed E-state index contributed by atoms with van der Waals surface area (Å²) in [5.74, 6) is -0.695. The van der Waals surface area contributed by atoms with Crippen LogP contribution >= 0.6 is 0 Å². The van der Waals surface area contributed by atoms with Gasteiger partial charge in [0.2, 0.25) is 0 Å². The van der Waals surface area contributed by atoms with Crippen LogP contribution in [-0.2, 0) is 11.2 Å². The summed E-state index contributed by atoms with van der Waals surface area (Å²) >= 11 is 0. The van der Waals surface area contributed by atoms with Crippen LogP contribution in [0.3, 0.4) is 0 Å². The number of carboxylic acids is 1. The van der Waals surface area contributed by atoms with Gasteiger partial charge in [0.1, 0.15) is 0 Å². The van der Waals surface area contributed by atoms with E-state index in [2.05, 4.69) is 43.0 Å². The summed E-state index contributed by atoms with van der Waals surface area (Å²) in [6, 6.07) is 9.07. The molecule has 2 unspecified atom stereocenters. The standard InChI is InChI=1S/C17H25NO2/c1-13-6-8-15(9-7-13)11-16(12-17(19)20)18-10-4-3-5-14(18)2/h6-9,14,16H,3-5,10-12H2,1-2H3,(H,19,20). The topological polar surface area (TPSA) is 40.5 Å². The molecular weight excluding hydrogens is 250 g/mol. The molecule has 1 aliphatic heterocycles. The first-order valence-electron chi connectivity index (χ1n) is 7.59. The Morgan fingerprint density at radius 2 is 2.05 bits per heavy atom. The highest BCUT2D eigenvalue weighted by Gasteiger charge is 2.27. The molecule has 1 saturated heterocycles. The molecular formula is C17H25NO2. The van der Waals surface area contributed by atoms with Gasteiger partial charge in [-0.1, -0.05) is 36.2 Å². The molecule has 110 valence electrons. The Morgan fingerprint density at radius 3 is 2.65 bits per heavy atom. The largest absolute Gasteiger partial charge is 0.481 e. The number of nitrogens with zero attached hydrogens (tertiary/aromatic N) is 1. The molecule has 0 spiro atoms. The molecule has 1 heterocycles. The van der Waals surface area contributed by atoms with E-state index in [1.807, 2.05) is 0 Å². The molecule has 2 rings (SSSR count). The highest BCUT2D eigenvalue weighted by molar-refractivity contribution is 5.67. The molecule has 3 heteroatoms. The number of benzene rings is 1. The van der Waals surface area contributed by atoms with E-state index in [1.165, 1.54) is 30.4 Å². The van der Waals surface area contributed by atoms with E-state index in [1.54, 1.807) is 0 Å². The van der Waals surface area contributed by atoms with E-state index >= 15 is 0 Å². The van der Waals surface area contributed by atoms with E-state index in [0.717, 1.165) is 13.0 Å². The van der Waals surface area contributed by atoms with Gasteiger partial charge in [0.25, 0.3) is 0 Å². The minimum atomic E-state index is -0.695. The smallest absolute Gasteiger partial charge is 0.304 e. The Hall–Kier alpha value is -1.35. The Bertz CT molecular complexity index is 441. The van der Waals surface area contributed by atoms with Crippen molar-refractivity contribution in [2.75, 3.05) is 6.54 Å². The number of carbonyl (C=O) groups is 1. The number of rotatable bonds is 5. The van der Waals surface area contributed by atoms with Gasteiger partial charge in [-0.15, -0.1) is 0 Å². The SMILES string of the molecule is Cc1ccc(CC(CC(=O)O)N2CCCCC2C)cc1. The van der Waals surface area contributed by atoms with Crippen molar-refractivity contribution in [3.63, 3.8) is 0 Å². The summed E-state index contributed by atoms with van der Waals surface area (Å²) in [5.41, 5.74) is 2.48. The number of aliphatic carboxylic acids is 1. The lowest BCUT2D eigenvalue weighted by Crippen LogP contribution is -2.46. The highest BCUT2D eigenvalue weighted by atomic mass is 16.4. The summed E-state index contributed by atoms with van der Waals surface area (Å²) in [5, 5.41) is 9.20. The van der Waals surface area contributed by atoms with E-state index in [-0.39, 0.29) is 12.5 Å². The third kappa shape index (κ3) is 4.07. The highest BCUT2D eigenvalue weighted by Crippen LogP contribution is 2.23. The lowest BCUT2D eigenvalue weighted by atomic mass is 9.95. The Morgan fingerprint density at radius 1 is 1.35 bits per heavy atom. The zero-order valence-electron chi connectivity index (χ0n) is 12.5. The van der Waals surface area contributed by atoms with Crippen LogP contribution in [0.1, 0.15) is 43.7 Å². The third-order valence-corrected chi connectivity index (χ3v) is 4.33. The molecule has 0 bridgehead atoms. The maximum atomic E-state index is 11.2. The lowest BCUT2D eigenvalue weighted by molar-refractivity contribution is -0.138. The van der Waals surface area contributed by atoms with Crippen LogP contribution in [0.15, 0.2) is 24.3 Å². The van der Waals surface area contributed by atoms with Crippen molar-refractivity contribution in [3.05, 3.63) is 35.4 Å². The van der Waals surface area contributed by atoms with Crippen LogP contribution in [0.5, 0.6) is 0 Å². The van der Waals surface area contributed by atoms with Gasteiger partial charge in [0, 0.05) is 12.1 Å². The minimum absolute atomic E-state index is 0.116. The molecule has 1 N–H and O–H groups in total. The first-order valence-corrected chi connectivity index (χ1v) is 7.59. The van der Waals surface area contributed by atoms with Crippen molar-refractivity contribution < 1.29 is 9.90 Å². The van der Waals surface area contributed by atoms with Crippen molar-refractivity contribution >= 4 is 5.97 Å². The van der Waals surface area contributed by atoms with Crippen LogP contribution in [0.2, 0.25) is 0 Å². The van der Waals surface area contributed by atoms with Gasteiger partial charge in [-0.2, -0.15) is 0 Å². The zero-order chi connectivity index (χ0) is 14.5. The fourth-order valence-corrected chi connectivity index (χ4v) is 3.17. The molecule has 20 heavy (non-hydrogen) atoms. The quantitative estimate of drug-likeness (QED) is 0.896.